The summed E-state index contributed by atoms with van der Waals surface area (Å²) in [6.45, 7) is 8.61. The number of thiazole rings is 1. The summed E-state index contributed by atoms with van der Waals surface area (Å²) in [5, 5.41) is 11.8. The summed E-state index contributed by atoms with van der Waals surface area (Å²) in [6, 6.07) is 2.10. The Balaban J connectivity index is 2.13. The number of rotatable bonds is 3. The number of carbonyl (C=O) groups excluding carboxylic acids is 2. The summed E-state index contributed by atoms with van der Waals surface area (Å²) >= 11 is 1.35. The highest BCUT2D eigenvalue weighted by molar-refractivity contribution is 7.09. The molecule has 1 fully saturated rings. The minimum Gasteiger partial charge on any atom is -0.342 e. The van der Waals surface area contributed by atoms with Crippen molar-refractivity contribution < 1.29 is 9.59 Å². The van der Waals surface area contributed by atoms with Crippen LogP contribution in [0, 0.1) is 29.6 Å². The number of nitriles is 1. The van der Waals surface area contributed by atoms with E-state index in [1.165, 1.54) is 11.3 Å². The van der Waals surface area contributed by atoms with Gasteiger partial charge in [0.2, 0.25) is 5.91 Å². The molecule has 1 aliphatic heterocycles. The number of likely N-dealkylation sites (tertiary alicyclic amines) is 1. The van der Waals surface area contributed by atoms with Crippen molar-refractivity contribution in [2.24, 2.45) is 11.3 Å². The average Bonchev–Trinajstić information content (AvgIpc) is 2.92. The lowest BCUT2D eigenvalue weighted by Gasteiger charge is -2.36. The third-order valence-corrected chi connectivity index (χ3v) is 5.08. The van der Waals surface area contributed by atoms with Gasteiger partial charge < -0.3 is 4.90 Å². The fraction of sp³-hybridized carbons (Fsp3) is 0.647. The number of ketones is 1. The van der Waals surface area contributed by atoms with Crippen LogP contribution < -0.4 is 0 Å². The van der Waals surface area contributed by atoms with Crippen LogP contribution in [0.5, 0.6) is 0 Å². The van der Waals surface area contributed by atoms with E-state index in [1.807, 2.05) is 33.1 Å². The van der Waals surface area contributed by atoms with Gasteiger partial charge in [0.1, 0.15) is 5.01 Å². The number of hydrogen-bond donors (Lipinski definition) is 0. The first-order valence-electron chi connectivity index (χ1n) is 7.88. The lowest BCUT2D eigenvalue weighted by Crippen LogP contribution is -2.47. The van der Waals surface area contributed by atoms with E-state index in [1.54, 1.807) is 4.90 Å². The van der Waals surface area contributed by atoms with Crippen molar-refractivity contribution in [2.75, 3.05) is 13.1 Å². The quantitative estimate of drug-likeness (QED) is 0.852. The standard InChI is InChI=1S/C17H23N3O2S/c1-11-10-23-15(19-11)13(8-18)14(21)12-6-5-7-20(9-12)16(22)17(2,3)4/h10,12-13H,5-7,9H2,1-4H3/t12-,13-/m0/s1. The number of piperidine rings is 1. The Kier molecular flexibility index (Phi) is 5.20. The number of aryl methyl sites for hydroxylation is 1. The lowest BCUT2D eigenvalue weighted by atomic mass is 9.86. The minimum absolute atomic E-state index is 0.0635. The summed E-state index contributed by atoms with van der Waals surface area (Å²) in [4.78, 5) is 31.3. The number of hydrogen-bond acceptors (Lipinski definition) is 5. The second-order valence-electron chi connectivity index (χ2n) is 7.13. The van der Waals surface area contributed by atoms with Crippen LogP contribution >= 0.6 is 11.3 Å². The molecule has 0 aliphatic carbocycles. The summed E-state index contributed by atoms with van der Waals surface area (Å²) < 4.78 is 0. The molecular weight excluding hydrogens is 310 g/mol. The number of amides is 1. The molecule has 2 heterocycles. The molecular formula is C17H23N3O2S. The Morgan fingerprint density at radius 1 is 1.48 bits per heavy atom. The smallest absolute Gasteiger partial charge is 0.227 e. The van der Waals surface area contributed by atoms with Crippen LogP contribution in [-0.2, 0) is 9.59 Å². The predicted molar refractivity (Wildman–Crippen MR) is 89.0 cm³/mol. The zero-order chi connectivity index (χ0) is 17.2. The van der Waals surface area contributed by atoms with E-state index in [2.05, 4.69) is 11.1 Å². The molecule has 124 valence electrons. The zero-order valence-corrected chi connectivity index (χ0v) is 14.9. The van der Waals surface area contributed by atoms with Gasteiger partial charge >= 0.3 is 0 Å². The van der Waals surface area contributed by atoms with Gasteiger partial charge in [-0.2, -0.15) is 5.26 Å². The van der Waals surface area contributed by atoms with Crippen LogP contribution in [-0.4, -0.2) is 34.7 Å². The second-order valence-corrected chi connectivity index (χ2v) is 8.02. The molecule has 1 aromatic rings. The largest absolute Gasteiger partial charge is 0.342 e. The topological polar surface area (TPSA) is 74.1 Å². The van der Waals surface area contributed by atoms with E-state index in [0.717, 1.165) is 18.5 Å². The summed E-state index contributed by atoms with van der Waals surface area (Å²) in [5.41, 5.74) is 0.373. The highest BCUT2D eigenvalue weighted by Gasteiger charge is 2.36. The maximum Gasteiger partial charge on any atom is 0.227 e. The highest BCUT2D eigenvalue weighted by Crippen LogP contribution is 2.29. The predicted octanol–water partition coefficient (Wildman–Crippen LogP) is 2.91. The molecule has 5 nitrogen and oxygen atoms in total. The normalized spacial score (nSPS) is 20.0. The van der Waals surface area contributed by atoms with Crippen LogP contribution in [0.4, 0.5) is 0 Å². The van der Waals surface area contributed by atoms with Gasteiger partial charge in [-0.15, -0.1) is 11.3 Å². The van der Waals surface area contributed by atoms with Crippen molar-refractivity contribution in [3.63, 3.8) is 0 Å². The first-order chi connectivity index (χ1) is 10.7. The third kappa shape index (κ3) is 3.97. The van der Waals surface area contributed by atoms with Gasteiger partial charge in [-0.3, -0.25) is 9.59 Å². The fourth-order valence-electron chi connectivity index (χ4n) is 2.85. The van der Waals surface area contributed by atoms with Gasteiger partial charge in [-0.25, -0.2) is 4.98 Å². The molecule has 1 saturated heterocycles. The van der Waals surface area contributed by atoms with Crippen molar-refractivity contribution in [2.45, 2.75) is 46.5 Å². The first kappa shape index (κ1) is 17.6. The van der Waals surface area contributed by atoms with E-state index in [-0.39, 0.29) is 17.6 Å². The summed E-state index contributed by atoms with van der Waals surface area (Å²) in [6.07, 6.45) is 1.53. The van der Waals surface area contributed by atoms with Crippen LogP contribution in [0.3, 0.4) is 0 Å². The number of aromatic nitrogens is 1. The van der Waals surface area contributed by atoms with E-state index in [9.17, 15) is 14.9 Å². The van der Waals surface area contributed by atoms with Gasteiger partial charge in [0.25, 0.3) is 0 Å². The molecule has 0 radical (unpaired) electrons. The van der Waals surface area contributed by atoms with Crippen LogP contribution in [0.1, 0.15) is 50.2 Å². The van der Waals surface area contributed by atoms with Crippen LogP contribution in [0.15, 0.2) is 5.38 Å². The van der Waals surface area contributed by atoms with Crippen molar-refractivity contribution in [1.29, 1.82) is 5.26 Å². The number of Topliss-reactive ketones (excluding diaryl/α,β-unsaturated/α-hetero) is 1. The van der Waals surface area contributed by atoms with E-state index in [4.69, 9.17) is 0 Å². The molecule has 0 unspecified atom stereocenters. The SMILES string of the molecule is Cc1csc([C@@H](C#N)C(=O)[C@H]2CCCN(C(=O)C(C)(C)C)C2)n1. The highest BCUT2D eigenvalue weighted by atomic mass is 32.1. The maximum atomic E-state index is 12.8. The number of nitrogens with zero attached hydrogens (tertiary/aromatic N) is 3. The Bertz CT molecular complexity index is 639. The molecule has 2 atom stereocenters. The Morgan fingerprint density at radius 3 is 2.70 bits per heavy atom. The van der Waals surface area contributed by atoms with Gasteiger partial charge in [0.05, 0.1) is 6.07 Å². The molecule has 0 bridgehead atoms. The molecule has 23 heavy (non-hydrogen) atoms. The summed E-state index contributed by atoms with van der Waals surface area (Å²) in [5.74, 6) is -1.13. The van der Waals surface area contributed by atoms with E-state index >= 15 is 0 Å². The van der Waals surface area contributed by atoms with Gasteiger partial charge in [0, 0.05) is 35.5 Å². The molecule has 1 aromatic heterocycles. The molecule has 0 aromatic carbocycles. The second kappa shape index (κ2) is 6.79. The van der Waals surface area contributed by atoms with Gasteiger partial charge in [-0.05, 0) is 19.8 Å². The van der Waals surface area contributed by atoms with Gasteiger partial charge in [0.15, 0.2) is 11.7 Å². The Morgan fingerprint density at radius 2 is 2.17 bits per heavy atom. The molecule has 6 heteroatoms. The fourth-order valence-corrected chi connectivity index (χ4v) is 3.69. The van der Waals surface area contributed by atoms with Crippen molar-refractivity contribution in [1.82, 2.24) is 9.88 Å². The molecule has 1 amide bonds. The zero-order valence-electron chi connectivity index (χ0n) is 14.1. The Hall–Kier alpha value is -1.74. The average molecular weight is 333 g/mol. The van der Waals surface area contributed by atoms with Crippen LogP contribution in [0.25, 0.3) is 0 Å². The van der Waals surface area contributed by atoms with E-state index < -0.39 is 11.3 Å². The van der Waals surface area contributed by atoms with Crippen LogP contribution in [0.2, 0.25) is 0 Å². The maximum absolute atomic E-state index is 12.8. The minimum atomic E-state index is -0.816. The third-order valence-electron chi connectivity index (χ3n) is 4.05. The monoisotopic (exact) mass is 333 g/mol. The summed E-state index contributed by atoms with van der Waals surface area (Å²) in [7, 11) is 0. The van der Waals surface area contributed by atoms with Gasteiger partial charge in [-0.1, -0.05) is 20.8 Å². The van der Waals surface area contributed by atoms with Crippen molar-refractivity contribution in [3.05, 3.63) is 16.1 Å². The van der Waals surface area contributed by atoms with E-state index in [0.29, 0.717) is 18.1 Å². The molecule has 0 spiro atoms. The molecule has 1 aliphatic rings. The molecule has 0 N–H and O–H groups in total. The van der Waals surface area contributed by atoms with Crippen molar-refractivity contribution in [3.8, 4) is 6.07 Å². The first-order valence-corrected chi connectivity index (χ1v) is 8.76. The molecule has 0 saturated carbocycles. The lowest BCUT2D eigenvalue weighted by molar-refractivity contribution is -0.142. The Labute approximate surface area is 141 Å². The van der Waals surface area contributed by atoms with Crippen molar-refractivity contribution >= 4 is 23.0 Å². The number of carbonyl (C=O) groups is 2. The molecule has 2 rings (SSSR count).